The van der Waals surface area contributed by atoms with Crippen LogP contribution >= 0.6 is 0 Å². The third-order valence-electron chi connectivity index (χ3n) is 4.76. The normalized spacial score (nSPS) is 11.7. The summed E-state index contributed by atoms with van der Waals surface area (Å²) in [5.41, 5.74) is -0.892. The van der Waals surface area contributed by atoms with Gasteiger partial charge in [-0.1, -0.05) is 26.0 Å². The number of aromatic nitrogens is 3. The molecule has 3 aromatic rings. The van der Waals surface area contributed by atoms with E-state index in [2.05, 4.69) is 25.6 Å². The summed E-state index contributed by atoms with van der Waals surface area (Å²) < 4.78 is 64.9. The molecule has 12 heteroatoms. The van der Waals surface area contributed by atoms with Gasteiger partial charge in [-0.15, -0.1) is 0 Å². The minimum atomic E-state index is -4.58. The summed E-state index contributed by atoms with van der Waals surface area (Å²) in [6, 6.07) is 5.73. The standard InChI is InChI=1S/C22H20F5N5O2/c1-11(2)19(33)29-8-12-3-5-14(18(23)24)15(7-12)20(34)32-21-30-10-16(31-21)13-4-6-17(28-9-13)22(25,26)27/h3-7,9-11,18H,8H2,1-2H3,(H,29,33)(H2,30,31,32,34). The van der Waals surface area contributed by atoms with Crippen molar-refractivity contribution in [3.8, 4) is 11.3 Å². The molecule has 0 aliphatic heterocycles. The molecule has 34 heavy (non-hydrogen) atoms. The van der Waals surface area contributed by atoms with Crippen LogP contribution in [0, 0.1) is 5.92 Å². The maximum absolute atomic E-state index is 13.5. The first-order chi connectivity index (χ1) is 16.0. The van der Waals surface area contributed by atoms with Crippen LogP contribution < -0.4 is 10.6 Å². The Morgan fingerprint density at radius 3 is 2.38 bits per heavy atom. The van der Waals surface area contributed by atoms with Gasteiger partial charge < -0.3 is 10.3 Å². The van der Waals surface area contributed by atoms with Gasteiger partial charge in [-0.05, 0) is 23.8 Å². The van der Waals surface area contributed by atoms with Crippen LogP contribution in [-0.2, 0) is 17.5 Å². The van der Waals surface area contributed by atoms with Crippen LogP contribution in [0.2, 0.25) is 0 Å². The predicted octanol–water partition coefficient (Wildman–Crippen LogP) is 4.95. The molecule has 0 fully saturated rings. The number of hydrogen-bond donors (Lipinski definition) is 3. The highest BCUT2D eigenvalue weighted by Gasteiger charge is 2.32. The van der Waals surface area contributed by atoms with E-state index in [1.807, 2.05) is 0 Å². The average molecular weight is 481 g/mol. The number of benzene rings is 1. The minimum Gasteiger partial charge on any atom is -0.352 e. The third-order valence-corrected chi connectivity index (χ3v) is 4.76. The molecule has 0 saturated heterocycles. The average Bonchev–Trinajstić information content (AvgIpc) is 3.25. The van der Waals surface area contributed by atoms with E-state index in [4.69, 9.17) is 0 Å². The molecule has 3 rings (SSSR count). The lowest BCUT2D eigenvalue weighted by atomic mass is 10.0. The van der Waals surface area contributed by atoms with Crippen molar-refractivity contribution in [2.75, 3.05) is 5.32 Å². The number of alkyl halides is 5. The monoisotopic (exact) mass is 481 g/mol. The van der Waals surface area contributed by atoms with Crippen LogP contribution in [0.5, 0.6) is 0 Å². The maximum Gasteiger partial charge on any atom is 0.433 e. The number of halogens is 5. The summed E-state index contributed by atoms with van der Waals surface area (Å²) in [5.74, 6) is -1.47. The number of anilines is 1. The first-order valence-electron chi connectivity index (χ1n) is 10.0. The van der Waals surface area contributed by atoms with Gasteiger partial charge in [-0.2, -0.15) is 13.2 Å². The molecule has 3 N–H and O–H groups in total. The highest BCUT2D eigenvalue weighted by atomic mass is 19.4. The molecule has 0 aliphatic carbocycles. The zero-order chi connectivity index (χ0) is 25.0. The second kappa shape index (κ2) is 9.98. The fourth-order valence-corrected chi connectivity index (χ4v) is 2.92. The van der Waals surface area contributed by atoms with Crippen LogP contribution in [0.25, 0.3) is 11.3 Å². The van der Waals surface area contributed by atoms with Gasteiger partial charge in [0.25, 0.3) is 12.3 Å². The molecule has 0 spiro atoms. The molecule has 180 valence electrons. The second-order valence-corrected chi connectivity index (χ2v) is 7.62. The molecule has 1 aromatic carbocycles. The number of nitrogens with zero attached hydrogens (tertiary/aromatic N) is 2. The van der Waals surface area contributed by atoms with Gasteiger partial charge in [0, 0.05) is 35.3 Å². The first-order valence-corrected chi connectivity index (χ1v) is 10.0. The number of pyridine rings is 1. The second-order valence-electron chi connectivity index (χ2n) is 7.62. The summed E-state index contributed by atoms with van der Waals surface area (Å²) in [5, 5.41) is 5.01. The van der Waals surface area contributed by atoms with E-state index < -0.39 is 29.8 Å². The number of carbonyl (C=O) groups excluding carboxylic acids is 2. The fourth-order valence-electron chi connectivity index (χ4n) is 2.92. The molecular formula is C22H20F5N5O2. The molecule has 7 nitrogen and oxygen atoms in total. The molecular weight excluding hydrogens is 461 g/mol. The molecule has 0 saturated carbocycles. The summed E-state index contributed by atoms with van der Waals surface area (Å²) in [7, 11) is 0. The number of rotatable bonds is 7. The molecule has 2 amide bonds. The van der Waals surface area contributed by atoms with Crippen LogP contribution in [0.15, 0.2) is 42.7 Å². The van der Waals surface area contributed by atoms with Crippen molar-refractivity contribution in [3.05, 3.63) is 65.1 Å². The number of amides is 2. The van der Waals surface area contributed by atoms with Gasteiger partial charge in [0.2, 0.25) is 11.9 Å². The molecule has 2 aromatic heterocycles. The third kappa shape index (κ3) is 5.94. The lowest BCUT2D eigenvalue weighted by molar-refractivity contribution is -0.141. The number of imidazole rings is 1. The Hall–Kier alpha value is -3.83. The zero-order valence-electron chi connectivity index (χ0n) is 18.0. The van der Waals surface area contributed by atoms with Crippen molar-refractivity contribution in [3.63, 3.8) is 0 Å². The van der Waals surface area contributed by atoms with Gasteiger partial charge in [-0.25, -0.2) is 13.8 Å². The number of nitrogens with one attached hydrogen (secondary N) is 3. The Kier molecular flexibility index (Phi) is 7.28. The minimum absolute atomic E-state index is 0.0482. The summed E-state index contributed by atoms with van der Waals surface area (Å²) in [6.45, 7) is 3.45. The van der Waals surface area contributed by atoms with Crippen LogP contribution in [0.1, 0.15) is 47.5 Å². The first kappa shape index (κ1) is 24.8. The topological polar surface area (TPSA) is 99.8 Å². The van der Waals surface area contributed by atoms with E-state index in [1.165, 1.54) is 24.4 Å². The maximum atomic E-state index is 13.5. The number of aromatic amines is 1. The Bertz CT molecular complexity index is 1170. The van der Waals surface area contributed by atoms with Gasteiger partial charge in [0.15, 0.2) is 0 Å². The van der Waals surface area contributed by atoms with Gasteiger partial charge in [0.05, 0.1) is 11.9 Å². The van der Waals surface area contributed by atoms with Gasteiger partial charge in [0.1, 0.15) is 5.69 Å². The van der Waals surface area contributed by atoms with E-state index in [0.29, 0.717) is 5.56 Å². The van der Waals surface area contributed by atoms with E-state index in [9.17, 15) is 31.5 Å². The van der Waals surface area contributed by atoms with Crippen LogP contribution in [-0.4, -0.2) is 26.8 Å². The van der Waals surface area contributed by atoms with Crippen molar-refractivity contribution in [1.29, 1.82) is 0 Å². The van der Waals surface area contributed by atoms with E-state index in [1.54, 1.807) is 13.8 Å². The molecule has 0 aliphatic rings. The summed E-state index contributed by atoms with van der Waals surface area (Å²) in [6.07, 6.45) is -5.26. The van der Waals surface area contributed by atoms with E-state index >= 15 is 0 Å². The number of hydrogen-bond acceptors (Lipinski definition) is 4. The van der Waals surface area contributed by atoms with Crippen molar-refractivity contribution in [2.45, 2.75) is 33.0 Å². The van der Waals surface area contributed by atoms with Crippen molar-refractivity contribution >= 4 is 17.8 Å². The SMILES string of the molecule is CC(C)C(=O)NCc1ccc(C(F)F)c(C(=O)Nc2ncc(-c3ccc(C(F)(F)F)nc3)[nH]2)c1. The van der Waals surface area contributed by atoms with E-state index in [0.717, 1.165) is 18.3 Å². The smallest absolute Gasteiger partial charge is 0.352 e. The molecule has 0 bridgehead atoms. The fraction of sp³-hybridized carbons (Fsp3) is 0.273. The Morgan fingerprint density at radius 2 is 1.79 bits per heavy atom. The number of H-pyrrole nitrogens is 1. The van der Waals surface area contributed by atoms with Gasteiger partial charge in [-0.3, -0.25) is 19.9 Å². The Morgan fingerprint density at radius 1 is 1.06 bits per heavy atom. The lowest BCUT2D eigenvalue weighted by Crippen LogP contribution is -2.27. The van der Waals surface area contributed by atoms with Crippen LogP contribution in [0.4, 0.5) is 27.9 Å². The molecule has 0 atom stereocenters. The molecule has 0 radical (unpaired) electrons. The molecule has 2 heterocycles. The van der Waals surface area contributed by atoms with Crippen molar-refractivity contribution in [2.24, 2.45) is 5.92 Å². The van der Waals surface area contributed by atoms with Gasteiger partial charge >= 0.3 is 6.18 Å². The van der Waals surface area contributed by atoms with Crippen LogP contribution in [0.3, 0.4) is 0 Å². The van der Waals surface area contributed by atoms with E-state index in [-0.39, 0.29) is 41.1 Å². The molecule has 0 unspecified atom stereocenters. The lowest BCUT2D eigenvalue weighted by Gasteiger charge is -2.12. The number of carbonyl (C=O) groups is 2. The van der Waals surface area contributed by atoms with Crippen molar-refractivity contribution in [1.82, 2.24) is 20.3 Å². The van der Waals surface area contributed by atoms with Crippen molar-refractivity contribution < 1.29 is 31.5 Å². The highest BCUT2D eigenvalue weighted by molar-refractivity contribution is 6.04. The Balaban J connectivity index is 1.78. The largest absolute Gasteiger partial charge is 0.433 e. The highest BCUT2D eigenvalue weighted by Crippen LogP contribution is 2.29. The summed E-state index contributed by atoms with van der Waals surface area (Å²) >= 11 is 0. The Labute approximate surface area is 190 Å². The predicted molar refractivity (Wildman–Crippen MR) is 113 cm³/mol. The summed E-state index contributed by atoms with van der Waals surface area (Å²) in [4.78, 5) is 34.4. The zero-order valence-corrected chi connectivity index (χ0v) is 18.0. The quantitative estimate of drug-likeness (QED) is 0.416.